The number of halogens is 2. The lowest BCUT2D eigenvalue weighted by Crippen LogP contribution is -2.31. The molecular weight excluding hydrogens is 379 g/mol. The fraction of sp³-hybridized carbons (Fsp3) is 0.471. The number of amides is 1. The molecule has 25 heavy (non-hydrogen) atoms. The van der Waals surface area contributed by atoms with Gasteiger partial charge in [0.05, 0.1) is 16.8 Å². The van der Waals surface area contributed by atoms with E-state index in [-0.39, 0.29) is 11.2 Å². The van der Waals surface area contributed by atoms with E-state index >= 15 is 0 Å². The Kier molecular flexibility index (Phi) is 6.25. The predicted octanol–water partition coefficient (Wildman–Crippen LogP) is 4.11. The van der Waals surface area contributed by atoms with Crippen LogP contribution in [0.25, 0.3) is 0 Å². The van der Waals surface area contributed by atoms with Crippen LogP contribution >= 0.6 is 35.0 Å². The number of benzene rings is 1. The maximum absolute atomic E-state index is 12.4. The fourth-order valence-corrected chi connectivity index (χ4v) is 4.23. The topological polar surface area (TPSA) is 59.8 Å². The van der Waals surface area contributed by atoms with Crippen LogP contribution < -0.4 is 5.32 Å². The van der Waals surface area contributed by atoms with Gasteiger partial charge in [0.2, 0.25) is 5.91 Å². The van der Waals surface area contributed by atoms with Gasteiger partial charge >= 0.3 is 0 Å². The van der Waals surface area contributed by atoms with E-state index in [0.29, 0.717) is 16.6 Å². The number of carbonyl (C=O) groups excluding carboxylic acids is 1. The smallest absolute Gasteiger partial charge is 0.233 e. The molecule has 0 saturated carbocycles. The average Bonchev–Trinajstić information content (AvgIpc) is 2.82. The quantitative estimate of drug-likeness (QED) is 0.769. The van der Waals surface area contributed by atoms with Crippen LogP contribution in [-0.4, -0.2) is 25.9 Å². The highest BCUT2D eigenvalue weighted by Crippen LogP contribution is 2.32. The first-order valence-corrected chi connectivity index (χ1v) is 9.98. The molecule has 1 unspecified atom stereocenters. The van der Waals surface area contributed by atoms with Crippen molar-refractivity contribution in [2.24, 2.45) is 0 Å². The summed E-state index contributed by atoms with van der Waals surface area (Å²) in [5.74, 6) is 1.78. The molecule has 0 saturated heterocycles. The Hall–Kier alpha value is -1.24. The molecule has 0 bridgehead atoms. The van der Waals surface area contributed by atoms with Crippen LogP contribution in [0.3, 0.4) is 0 Å². The highest BCUT2D eigenvalue weighted by Gasteiger charge is 2.19. The van der Waals surface area contributed by atoms with Crippen molar-refractivity contribution in [1.29, 1.82) is 0 Å². The highest BCUT2D eigenvalue weighted by molar-refractivity contribution is 8.00. The molecule has 1 aliphatic rings. The molecule has 0 radical (unpaired) electrons. The number of thioether (sulfide) groups is 1. The summed E-state index contributed by atoms with van der Waals surface area (Å²) < 4.78 is 2.14. The molecule has 1 aromatic heterocycles. The number of nitrogens with zero attached hydrogens (tertiary/aromatic N) is 3. The standard InChI is InChI=1S/C17H20Cl2N4OS/c1-11(25-14-9-12(18)6-7-13(14)19)17(24)20-10-16-22-21-15-5-3-2-4-8-23(15)16/h6-7,9,11H,2-5,8,10H2,1H3,(H,20,24). The van der Waals surface area contributed by atoms with Crippen LogP contribution in [-0.2, 0) is 24.3 Å². The zero-order valence-corrected chi connectivity index (χ0v) is 16.3. The van der Waals surface area contributed by atoms with Gasteiger partial charge in [-0.1, -0.05) is 29.6 Å². The van der Waals surface area contributed by atoms with E-state index in [1.54, 1.807) is 18.2 Å². The Morgan fingerprint density at radius 3 is 3.00 bits per heavy atom. The van der Waals surface area contributed by atoms with Crippen molar-refractivity contribution < 1.29 is 4.79 Å². The first kappa shape index (κ1) is 18.5. The summed E-state index contributed by atoms with van der Waals surface area (Å²) in [6.45, 7) is 3.16. The molecule has 2 heterocycles. The third-order valence-electron chi connectivity index (χ3n) is 4.17. The Labute approximate surface area is 161 Å². The van der Waals surface area contributed by atoms with Gasteiger partial charge in [0.1, 0.15) is 5.82 Å². The van der Waals surface area contributed by atoms with Crippen LogP contribution in [0.2, 0.25) is 10.0 Å². The van der Waals surface area contributed by atoms with Crippen molar-refractivity contribution in [2.45, 2.75) is 55.8 Å². The van der Waals surface area contributed by atoms with E-state index in [1.165, 1.54) is 18.2 Å². The van der Waals surface area contributed by atoms with Gasteiger partial charge in [-0.15, -0.1) is 22.0 Å². The molecule has 1 aromatic carbocycles. The maximum atomic E-state index is 12.4. The van der Waals surface area contributed by atoms with Crippen molar-refractivity contribution >= 4 is 40.9 Å². The van der Waals surface area contributed by atoms with Gasteiger partial charge in [-0.2, -0.15) is 0 Å². The van der Waals surface area contributed by atoms with Crippen molar-refractivity contribution in [3.05, 3.63) is 39.9 Å². The van der Waals surface area contributed by atoms with E-state index in [4.69, 9.17) is 23.2 Å². The minimum absolute atomic E-state index is 0.0629. The van der Waals surface area contributed by atoms with Crippen molar-refractivity contribution in [1.82, 2.24) is 20.1 Å². The summed E-state index contributed by atoms with van der Waals surface area (Å²) in [6.07, 6.45) is 4.45. The third kappa shape index (κ3) is 4.68. The van der Waals surface area contributed by atoms with E-state index < -0.39 is 0 Å². The van der Waals surface area contributed by atoms with Crippen LogP contribution in [0.15, 0.2) is 23.1 Å². The molecule has 5 nitrogen and oxygen atoms in total. The second-order valence-corrected chi connectivity index (χ2v) is 8.27. The number of nitrogens with one attached hydrogen (secondary N) is 1. The van der Waals surface area contributed by atoms with Gasteiger partial charge < -0.3 is 9.88 Å². The lowest BCUT2D eigenvalue weighted by molar-refractivity contribution is -0.120. The molecule has 1 amide bonds. The predicted molar refractivity (Wildman–Crippen MR) is 101 cm³/mol. The molecular formula is C17H20Cl2N4OS. The molecule has 1 N–H and O–H groups in total. The van der Waals surface area contributed by atoms with Crippen molar-refractivity contribution in [3.8, 4) is 0 Å². The number of fused-ring (bicyclic) bond motifs is 1. The zero-order valence-electron chi connectivity index (χ0n) is 14.0. The summed E-state index contributed by atoms with van der Waals surface area (Å²) in [7, 11) is 0. The van der Waals surface area contributed by atoms with Gasteiger partial charge in [0.15, 0.2) is 5.82 Å². The van der Waals surface area contributed by atoms with Crippen LogP contribution in [0.4, 0.5) is 0 Å². The Morgan fingerprint density at radius 2 is 2.16 bits per heavy atom. The van der Waals surface area contributed by atoms with Gasteiger partial charge in [-0.05, 0) is 38.0 Å². The molecule has 1 atom stereocenters. The number of rotatable bonds is 5. The van der Waals surface area contributed by atoms with Gasteiger partial charge in [0.25, 0.3) is 0 Å². The Morgan fingerprint density at radius 1 is 1.32 bits per heavy atom. The molecule has 0 spiro atoms. The number of hydrogen-bond acceptors (Lipinski definition) is 4. The molecule has 1 aliphatic heterocycles. The summed E-state index contributed by atoms with van der Waals surface area (Å²) in [5.41, 5.74) is 0. The van der Waals surface area contributed by atoms with E-state index in [0.717, 1.165) is 42.4 Å². The van der Waals surface area contributed by atoms with E-state index in [2.05, 4.69) is 20.1 Å². The summed E-state index contributed by atoms with van der Waals surface area (Å²) >= 11 is 13.6. The maximum Gasteiger partial charge on any atom is 0.233 e. The molecule has 134 valence electrons. The summed E-state index contributed by atoms with van der Waals surface area (Å²) in [6, 6.07) is 5.24. The lowest BCUT2D eigenvalue weighted by Gasteiger charge is -2.13. The number of hydrogen-bond donors (Lipinski definition) is 1. The van der Waals surface area contributed by atoms with E-state index in [9.17, 15) is 4.79 Å². The number of carbonyl (C=O) groups is 1. The van der Waals surface area contributed by atoms with Crippen LogP contribution in [0.1, 0.15) is 37.8 Å². The van der Waals surface area contributed by atoms with Gasteiger partial charge in [-0.25, -0.2) is 0 Å². The number of aromatic nitrogens is 3. The van der Waals surface area contributed by atoms with E-state index in [1.807, 2.05) is 6.92 Å². The summed E-state index contributed by atoms with van der Waals surface area (Å²) in [5, 5.41) is 12.3. The first-order chi connectivity index (χ1) is 12.0. The van der Waals surface area contributed by atoms with Crippen molar-refractivity contribution in [2.75, 3.05) is 0 Å². The Balaban J connectivity index is 1.59. The minimum Gasteiger partial charge on any atom is -0.348 e. The highest BCUT2D eigenvalue weighted by atomic mass is 35.5. The second kappa shape index (κ2) is 8.43. The van der Waals surface area contributed by atoms with Gasteiger partial charge in [-0.3, -0.25) is 4.79 Å². The largest absolute Gasteiger partial charge is 0.348 e. The monoisotopic (exact) mass is 398 g/mol. The second-order valence-electron chi connectivity index (χ2n) is 6.05. The third-order valence-corrected chi connectivity index (χ3v) is 6.01. The first-order valence-electron chi connectivity index (χ1n) is 8.35. The minimum atomic E-state index is -0.289. The summed E-state index contributed by atoms with van der Waals surface area (Å²) in [4.78, 5) is 13.2. The van der Waals surface area contributed by atoms with Crippen LogP contribution in [0.5, 0.6) is 0 Å². The van der Waals surface area contributed by atoms with Crippen LogP contribution in [0, 0.1) is 0 Å². The lowest BCUT2D eigenvalue weighted by atomic mass is 10.2. The fourth-order valence-electron chi connectivity index (χ4n) is 2.80. The molecule has 0 fully saturated rings. The molecule has 2 aromatic rings. The SMILES string of the molecule is CC(Sc1cc(Cl)ccc1Cl)C(=O)NCc1nnc2n1CCCCC2. The average molecular weight is 399 g/mol. The van der Waals surface area contributed by atoms with Crippen molar-refractivity contribution in [3.63, 3.8) is 0 Å². The normalized spacial score (nSPS) is 15.3. The molecule has 3 rings (SSSR count). The number of aryl methyl sites for hydroxylation is 1. The molecule has 8 heteroatoms. The Bertz CT molecular complexity index is 765. The molecule has 0 aliphatic carbocycles. The zero-order chi connectivity index (χ0) is 17.8. The van der Waals surface area contributed by atoms with Gasteiger partial charge in [0, 0.05) is 22.9 Å².